The standard InChI is InChI=1S/C19H18N2S/c1-13-10-14(5-6-15-4-3-9-22-15)19-16(11-13)17-12-21(2)8-7-18(17)20-19/h3-4,9-11,20H,7-8,12H2,1-2H3. The first-order valence-corrected chi connectivity index (χ1v) is 8.47. The lowest BCUT2D eigenvalue weighted by Crippen LogP contribution is -2.25. The summed E-state index contributed by atoms with van der Waals surface area (Å²) in [5.41, 5.74) is 6.43. The molecule has 1 aliphatic rings. The lowest BCUT2D eigenvalue weighted by Gasteiger charge is -2.22. The number of aromatic amines is 1. The topological polar surface area (TPSA) is 19.0 Å². The predicted molar refractivity (Wildman–Crippen MR) is 93.4 cm³/mol. The highest BCUT2D eigenvalue weighted by molar-refractivity contribution is 7.10. The number of benzene rings is 1. The molecule has 1 N–H and O–H groups in total. The Labute approximate surface area is 134 Å². The Balaban J connectivity index is 1.88. The Kier molecular flexibility index (Phi) is 3.29. The Morgan fingerprint density at radius 1 is 1.27 bits per heavy atom. The molecule has 0 saturated heterocycles. The van der Waals surface area contributed by atoms with Crippen molar-refractivity contribution in [3.05, 3.63) is 56.9 Å². The molecule has 0 bridgehead atoms. The second-order valence-electron chi connectivity index (χ2n) is 6.03. The van der Waals surface area contributed by atoms with Gasteiger partial charge in [-0.2, -0.15) is 0 Å². The minimum Gasteiger partial charge on any atom is -0.357 e. The molecule has 3 heteroatoms. The van der Waals surface area contributed by atoms with Crippen LogP contribution >= 0.6 is 11.3 Å². The number of likely N-dealkylation sites (N-methyl/N-ethyl adjacent to an activating group) is 1. The van der Waals surface area contributed by atoms with Crippen molar-refractivity contribution in [2.24, 2.45) is 0 Å². The van der Waals surface area contributed by atoms with E-state index in [2.05, 4.69) is 59.3 Å². The third-order valence-corrected chi connectivity index (χ3v) is 5.05. The van der Waals surface area contributed by atoms with Gasteiger partial charge in [-0.15, -0.1) is 11.3 Å². The van der Waals surface area contributed by atoms with E-state index in [1.165, 1.54) is 27.7 Å². The number of hydrogen-bond acceptors (Lipinski definition) is 2. The number of nitrogens with zero attached hydrogens (tertiary/aromatic N) is 1. The molecule has 22 heavy (non-hydrogen) atoms. The maximum atomic E-state index is 3.64. The molecule has 0 amide bonds. The van der Waals surface area contributed by atoms with Crippen molar-refractivity contribution < 1.29 is 0 Å². The molecule has 0 unspecified atom stereocenters. The summed E-state index contributed by atoms with van der Waals surface area (Å²) >= 11 is 1.69. The van der Waals surface area contributed by atoms with Gasteiger partial charge in [0, 0.05) is 36.2 Å². The molecule has 1 aliphatic heterocycles. The monoisotopic (exact) mass is 306 g/mol. The first-order valence-electron chi connectivity index (χ1n) is 7.59. The van der Waals surface area contributed by atoms with Crippen LogP contribution in [0.15, 0.2) is 29.6 Å². The van der Waals surface area contributed by atoms with Gasteiger partial charge in [0.15, 0.2) is 0 Å². The number of aryl methyl sites for hydroxylation is 1. The fourth-order valence-corrected chi connectivity index (χ4v) is 3.74. The summed E-state index contributed by atoms with van der Waals surface area (Å²) < 4.78 is 0. The second-order valence-corrected chi connectivity index (χ2v) is 6.98. The van der Waals surface area contributed by atoms with Gasteiger partial charge in [-0.25, -0.2) is 0 Å². The van der Waals surface area contributed by atoms with E-state index in [0.29, 0.717) is 0 Å². The average molecular weight is 306 g/mol. The summed E-state index contributed by atoms with van der Waals surface area (Å²) in [7, 11) is 2.19. The fourth-order valence-electron chi connectivity index (χ4n) is 3.17. The molecular weight excluding hydrogens is 288 g/mol. The molecule has 0 radical (unpaired) electrons. The van der Waals surface area contributed by atoms with Gasteiger partial charge in [0.1, 0.15) is 0 Å². The van der Waals surface area contributed by atoms with Crippen molar-refractivity contribution in [2.45, 2.75) is 19.9 Å². The summed E-state index contributed by atoms with van der Waals surface area (Å²) in [4.78, 5) is 7.14. The van der Waals surface area contributed by atoms with Gasteiger partial charge >= 0.3 is 0 Å². The van der Waals surface area contributed by atoms with Gasteiger partial charge < -0.3 is 9.88 Å². The minimum atomic E-state index is 1.02. The molecule has 0 aliphatic carbocycles. The van der Waals surface area contributed by atoms with Crippen LogP contribution in [-0.4, -0.2) is 23.5 Å². The smallest absolute Gasteiger partial charge is 0.0772 e. The van der Waals surface area contributed by atoms with E-state index < -0.39 is 0 Å². The van der Waals surface area contributed by atoms with E-state index in [-0.39, 0.29) is 0 Å². The molecule has 3 aromatic rings. The van der Waals surface area contributed by atoms with Crippen molar-refractivity contribution in [1.82, 2.24) is 9.88 Å². The Morgan fingerprint density at radius 3 is 3.00 bits per heavy atom. The Bertz CT molecular complexity index is 891. The van der Waals surface area contributed by atoms with Crippen molar-refractivity contribution in [1.29, 1.82) is 0 Å². The lowest BCUT2D eigenvalue weighted by molar-refractivity contribution is 0.313. The number of thiophene rings is 1. The molecular formula is C19H18N2S. The molecule has 2 aromatic heterocycles. The van der Waals surface area contributed by atoms with Crippen LogP contribution in [0.3, 0.4) is 0 Å². The lowest BCUT2D eigenvalue weighted by atomic mass is 10.0. The summed E-state index contributed by atoms with van der Waals surface area (Å²) in [6.45, 7) is 4.30. The molecule has 0 spiro atoms. The number of fused-ring (bicyclic) bond motifs is 3. The van der Waals surface area contributed by atoms with Gasteiger partial charge in [0.2, 0.25) is 0 Å². The quantitative estimate of drug-likeness (QED) is 0.624. The number of nitrogens with one attached hydrogen (secondary N) is 1. The van der Waals surface area contributed by atoms with Gasteiger partial charge in [-0.05, 0) is 48.7 Å². The highest BCUT2D eigenvalue weighted by atomic mass is 32.1. The summed E-state index contributed by atoms with van der Waals surface area (Å²) in [5.74, 6) is 6.65. The van der Waals surface area contributed by atoms with E-state index in [1.807, 2.05) is 6.07 Å². The van der Waals surface area contributed by atoms with Crippen molar-refractivity contribution in [2.75, 3.05) is 13.6 Å². The summed E-state index contributed by atoms with van der Waals surface area (Å²) in [6, 6.07) is 8.60. The van der Waals surface area contributed by atoms with Crippen LogP contribution in [0.4, 0.5) is 0 Å². The molecule has 4 rings (SSSR count). The Morgan fingerprint density at radius 2 is 2.18 bits per heavy atom. The second kappa shape index (κ2) is 5.31. The highest BCUT2D eigenvalue weighted by Crippen LogP contribution is 2.30. The zero-order valence-electron chi connectivity index (χ0n) is 12.9. The normalized spacial score (nSPS) is 14.6. The first-order chi connectivity index (χ1) is 10.7. The number of H-pyrrole nitrogens is 1. The van der Waals surface area contributed by atoms with Crippen LogP contribution in [0.25, 0.3) is 10.9 Å². The van der Waals surface area contributed by atoms with E-state index >= 15 is 0 Å². The van der Waals surface area contributed by atoms with E-state index in [9.17, 15) is 0 Å². The van der Waals surface area contributed by atoms with Gasteiger partial charge in [0.05, 0.1) is 10.4 Å². The van der Waals surface area contributed by atoms with Crippen LogP contribution < -0.4 is 0 Å². The fraction of sp³-hybridized carbons (Fsp3) is 0.263. The zero-order chi connectivity index (χ0) is 15.1. The van der Waals surface area contributed by atoms with Crippen LogP contribution in [0.2, 0.25) is 0 Å². The predicted octanol–water partition coefficient (Wildman–Crippen LogP) is 3.93. The van der Waals surface area contributed by atoms with Crippen molar-refractivity contribution in [3.8, 4) is 11.8 Å². The molecule has 3 heterocycles. The van der Waals surface area contributed by atoms with Crippen LogP contribution in [0.1, 0.15) is 27.3 Å². The average Bonchev–Trinajstić information content (AvgIpc) is 3.12. The highest BCUT2D eigenvalue weighted by Gasteiger charge is 2.19. The molecule has 0 saturated carbocycles. The largest absolute Gasteiger partial charge is 0.357 e. The Hall–Kier alpha value is -2.02. The van der Waals surface area contributed by atoms with Crippen LogP contribution in [0.5, 0.6) is 0 Å². The third kappa shape index (κ3) is 2.35. The van der Waals surface area contributed by atoms with Gasteiger partial charge in [0.25, 0.3) is 0 Å². The third-order valence-electron chi connectivity index (χ3n) is 4.26. The van der Waals surface area contributed by atoms with Crippen molar-refractivity contribution >= 4 is 22.2 Å². The minimum absolute atomic E-state index is 1.02. The molecule has 2 nitrogen and oxygen atoms in total. The molecule has 110 valence electrons. The van der Waals surface area contributed by atoms with E-state index in [4.69, 9.17) is 0 Å². The number of aromatic nitrogens is 1. The number of rotatable bonds is 0. The van der Waals surface area contributed by atoms with E-state index in [1.54, 1.807) is 11.3 Å². The van der Waals surface area contributed by atoms with Gasteiger partial charge in [-0.1, -0.05) is 17.9 Å². The van der Waals surface area contributed by atoms with E-state index in [0.717, 1.165) is 30.0 Å². The van der Waals surface area contributed by atoms with Crippen LogP contribution in [-0.2, 0) is 13.0 Å². The molecule has 0 atom stereocenters. The molecule has 0 fully saturated rings. The first kappa shape index (κ1) is 13.6. The SMILES string of the molecule is Cc1cc(C#Cc2cccs2)c2[nH]c3c(c2c1)CN(C)CC3. The van der Waals surface area contributed by atoms with Crippen molar-refractivity contribution in [3.63, 3.8) is 0 Å². The summed E-state index contributed by atoms with van der Waals surface area (Å²) in [5, 5.41) is 3.41. The summed E-state index contributed by atoms with van der Waals surface area (Å²) in [6.07, 6.45) is 1.09. The van der Waals surface area contributed by atoms with Gasteiger partial charge in [-0.3, -0.25) is 0 Å². The number of hydrogen-bond donors (Lipinski definition) is 1. The maximum absolute atomic E-state index is 3.64. The molecule has 1 aromatic carbocycles. The zero-order valence-corrected chi connectivity index (χ0v) is 13.7. The van der Waals surface area contributed by atoms with Crippen LogP contribution in [0, 0.1) is 18.8 Å². The maximum Gasteiger partial charge on any atom is 0.0772 e.